The summed E-state index contributed by atoms with van der Waals surface area (Å²) in [5.41, 5.74) is 1.07. The van der Waals surface area contributed by atoms with Crippen LogP contribution in [0.3, 0.4) is 0 Å². The van der Waals surface area contributed by atoms with E-state index in [1.807, 2.05) is 0 Å². The van der Waals surface area contributed by atoms with Crippen molar-refractivity contribution in [3.05, 3.63) is 47.3 Å². The normalized spacial score (nSPS) is 12.3. The molecular weight excluding hydrogens is 406 g/mol. The molecule has 0 saturated heterocycles. The highest BCUT2D eigenvalue weighted by molar-refractivity contribution is 7.20. The fraction of sp³-hybridized carbons (Fsp3) is 0.0769. The molecule has 0 N–H and O–H groups in total. The summed E-state index contributed by atoms with van der Waals surface area (Å²) in [5, 5.41) is 1.04. The highest BCUT2D eigenvalue weighted by Crippen LogP contribution is 2.32. The minimum Gasteiger partial charge on any atom is -0.318 e. The van der Waals surface area contributed by atoms with E-state index < -0.39 is 5.91 Å². The number of rotatable bonds is 1. The molecule has 3 aromatic rings. The number of fused-ring (bicyclic) bond motifs is 1. The van der Waals surface area contributed by atoms with Crippen molar-refractivity contribution in [3.63, 3.8) is 0 Å². The molecule has 3 nitrogen and oxygen atoms in total. The lowest BCUT2D eigenvalue weighted by atomic mass is 10.3. The van der Waals surface area contributed by atoms with Gasteiger partial charge in [0.1, 0.15) is 4.34 Å². The van der Waals surface area contributed by atoms with Crippen LogP contribution in [0.15, 0.2) is 23.2 Å². The summed E-state index contributed by atoms with van der Waals surface area (Å²) in [6.07, 6.45) is 0. The van der Waals surface area contributed by atoms with Crippen molar-refractivity contribution in [3.8, 4) is 0 Å². The third kappa shape index (κ3) is 2.94. The molecule has 1 aromatic carbocycles. The second kappa shape index (κ2) is 6.15. The highest BCUT2D eigenvalue weighted by Gasteiger charge is 2.15. The molecule has 0 fully saturated rings. The van der Waals surface area contributed by atoms with Crippen LogP contribution in [0, 0.1) is 0 Å². The second-order valence-electron chi connectivity index (χ2n) is 4.33. The van der Waals surface area contributed by atoms with Crippen LogP contribution in [0.25, 0.3) is 10.2 Å². The first kappa shape index (κ1) is 16.3. The Kier molecular flexibility index (Phi) is 4.56. The van der Waals surface area contributed by atoms with Gasteiger partial charge in [0, 0.05) is 12.1 Å². The molecule has 0 aliphatic heterocycles. The Morgan fingerprint density at radius 1 is 1.14 bits per heavy atom. The van der Waals surface area contributed by atoms with E-state index in [0.29, 0.717) is 29.1 Å². The Bertz CT molecular complexity index is 970. The number of aromatic nitrogens is 1. The number of benzene rings is 1. The molecule has 0 bridgehead atoms. The molecule has 0 aliphatic carbocycles. The molecule has 0 aliphatic rings. The average molecular weight is 412 g/mol. The van der Waals surface area contributed by atoms with Crippen LogP contribution >= 0.6 is 69.1 Å². The zero-order valence-electron chi connectivity index (χ0n) is 10.9. The number of halogens is 4. The van der Waals surface area contributed by atoms with E-state index in [-0.39, 0.29) is 0 Å². The number of amides is 1. The zero-order valence-corrected chi connectivity index (χ0v) is 15.5. The molecule has 22 heavy (non-hydrogen) atoms. The number of hydrogen-bond acceptors (Lipinski definition) is 3. The monoisotopic (exact) mass is 410 g/mol. The minimum absolute atomic E-state index is 0.290. The van der Waals surface area contributed by atoms with Gasteiger partial charge in [-0.25, -0.2) is 0 Å². The maximum Gasteiger partial charge on any atom is 0.282 e. The van der Waals surface area contributed by atoms with Crippen LogP contribution in [0.2, 0.25) is 18.7 Å². The number of thiazole rings is 1. The number of aryl methyl sites for hydroxylation is 1. The maximum atomic E-state index is 12.3. The van der Waals surface area contributed by atoms with Crippen molar-refractivity contribution in [2.24, 2.45) is 12.0 Å². The van der Waals surface area contributed by atoms with Gasteiger partial charge in [0.05, 0.1) is 25.1 Å². The van der Waals surface area contributed by atoms with Gasteiger partial charge < -0.3 is 4.57 Å². The fourth-order valence-corrected chi connectivity index (χ4v) is 5.21. The van der Waals surface area contributed by atoms with Crippen LogP contribution in [0.4, 0.5) is 0 Å². The molecule has 0 atom stereocenters. The summed E-state index contributed by atoms with van der Waals surface area (Å²) >= 11 is 26.5. The van der Waals surface area contributed by atoms with Gasteiger partial charge in [-0.15, -0.1) is 11.3 Å². The maximum absolute atomic E-state index is 12.3. The Hall–Kier alpha value is -0.560. The van der Waals surface area contributed by atoms with E-state index in [9.17, 15) is 4.79 Å². The Balaban J connectivity index is 2.18. The minimum atomic E-state index is -0.447. The SMILES string of the molecule is Cn1c(=NC(=O)c2cc(Cl)sc2Cl)sc2cc(Cl)cc(Cl)c21. The van der Waals surface area contributed by atoms with Gasteiger partial charge in [-0.2, -0.15) is 4.99 Å². The molecule has 0 saturated carbocycles. The fourth-order valence-electron chi connectivity index (χ4n) is 1.94. The van der Waals surface area contributed by atoms with Crippen molar-refractivity contribution in [2.75, 3.05) is 0 Å². The molecule has 9 heteroatoms. The van der Waals surface area contributed by atoms with Gasteiger partial charge in [-0.05, 0) is 18.2 Å². The van der Waals surface area contributed by atoms with E-state index >= 15 is 0 Å². The van der Waals surface area contributed by atoms with Crippen LogP contribution in [0.1, 0.15) is 10.4 Å². The molecule has 0 spiro atoms. The van der Waals surface area contributed by atoms with Crippen LogP contribution < -0.4 is 4.80 Å². The summed E-state index contributed by atoms with van der Waals surface area (Å²) in [4.78, 5) is 16.9. The van der Waals surface area contributed by atoms with E-state index in [1.54, 1.807) is 23.7 Å². The van der Waals surface area contributed by atoms with Crippen molar-refractivity contribution in [1.29, 1.82) is 0 Å². The molecular formula is C13H6Cl4N2OS2. The van der Waals surface area contributed by atoms with Gasteiger partial charge in [-0.3, -0.25) is 4.79 Å². The third-order valence-corrected chi connectivity index (χ3v) is 5.97. The van der Waals surface area contributed by atoms with E-state index in [0.717, 1.165) is 21.6 Å². The second-order valence-corrected chi connectivity index (χ2v) is 8.47. The first-order valence-electron chi connectivity index (χ1n) is 5.85. The first-order chi connectivity index (χ1) is 10.4. The van der Waals surface area contributed by atoms with E-state index in [1.165, 1.54) is 17.4 Å². The summed E-state index contributed by atoms with van der Waals surface area (Å²) in [7, 11) is 1.78. The van der Waals surface area contributed by atoms with Crippen molar-refractivity contribution in [2.45, 2.75) is 0 Å². The number of carbonyl (C=O) groups excluding carboxylic acids is 1. The summed E-state index contributed by atoms with van der Waals surface area (Å²) in [6, 6.07) is 4.95. The van der Waals surface area contributed by atoms with Crippen molar-refractivity contribution >= 4 is 85.2 Å². The third-order valence-electron chi connectivity index (χ3n) is 2.90. The lowest BCUT2D eigenvalue weighted by Gasteiger charge is -1.99. The van der Waals surface area contributed by atoms with Crippen molar-refractivity contribution in [1.82, 2.24) is 4.57 Å². The van der Waals surface area contributed by atoms with Crippen molar-refractivity contribution < 1.29 is 4.79 Å². The van der Waals surface area contributed by atoms with Gasteiger partial charge in [-0.1, -0.05) is 57.7 Å². The largest absolute Gasteiger partial charge is 0.318 e. The Labute approximate surface area is 153 Å². The molecule has 114 valence electrons. The first-order valence-corrected chi connectivity index (χ1v) is 9.00. The highest BCUT2D eigenvalue weighted by atomic mass is 35.5. The molecule has 0 unspecified atom stereocenters. The average Bonchev–Trinajstić information content (AvgIpc) is 2.90. The number of nitrogens with zero attached hydrogens (tertiary/aromatic N) is 2. The predicted octanol–water partition coefficient (Wildman–Crippen LogP) is 5.66. The smallest absolute Gasteiger partial charge is 0.282 e. The Morgan fingerprint density at radius 3 is 2.50 bits per heavy atom. The van der Waals surface area contributed by atoms with Crippen LogP contribution in [0.5, 0.6) is 0 Å². The quantitative estimate of drug-likeness (QED) is 0.508. The van der Waals surface area contributed by atoms with Gasteiger partial charge in [0.25, 0.3) is 5.91 Å². The van der Waals surface area contributed by atoms with E-state index in [4.69, 9.17) is 46.4 Å². The van der Waals surface area contributed by atoms with Gasteiger partial charge in [0.15, 0.2) is 4.80 Å². The Morgan fingerprint density at radius 2 is 1.86 bits per heavy atom. The number of hydrogen-bond donors (Lipinski definition) is 0. The lowest BCUT2D eigenvalue weighted by molar-refractivity contribution is 0.0998. The van der Waals surface area contributed by atoms with Crippen LogP contribution in [-0.2, 0) is 7.05 Å². The van der Waals surface area contributed by atoms with Crippen LogP contribution in [-0.4, -0.2) is 10.5 Å². The molecule has 0 radical (unpaired) electrons. The predicted molar refractivity (Wildman–Crippen MR) is 95.0 cm³/mol. The van der Waals surface area contributed by atoms with Gasteiger partial charge >= 0.3 is 0 Å². The standard InChI is InChI=1S/C13H6Cl4N2OS2/c1-19-10-7(15)2-5(14)3-8(10)21-13(19)18-12(20)6-4-9(16)22-11(6)17/h2-4H,1H3. The molecule has 2 aromatic heterocycles. The summed E-state index contributed by atoms with van der Waals surface area (Å²) in [5.74, 6) is -0.447. The molecule has 3 rings (SSSR count). The zero-order chi connectivity index (χ0) is 16.0. The lowest BCUT2D eigenvalue weighted by Crippen LogP contribution is -2.13. The van der Waals surface area contributed by atoms with Gasteiger partial charge in [0.2, 0.25) is 0 Å². The molecule has 2 heterocycles. The topological polar surface area (TPSA) is 34.4 Å². The molecule has 1 amide bonds. The van der Waals surface area contributed by atoms with E-state index in [2.05, 4.69) is 4.99 Å². The summed E-state index contributed by atoms with van der Waals surface area (Å²) in [6.45, 7) is 0. The number of carbonyl (C=O) groups is 1. The number of thiophene rings is 1. The summed E-state index contributed by atoms with van der Waals surface area (Å²) < 4.78 is 3.36.